The van der Waals surface area contributed by atoms with E-state index in [1.165, 1.54) is 6.92 Å². The zero-order valence-electron chi connectivity index (χ0n) is 12.5. The van der Waals surface area contributed by atoms with E-state index in [2.05, 4.69) is 4.99 Å². The van der Waals surface area contributed by atoms with Crippen molar-refractivity contribution in [1.29, 1.82) is 0 Å². The van der Waals surface area contributed by atoms with Crippen LogP contribution < -0.4 is 0 Å². The fraction of sp³-hybridized carbons (Fsp3) is 0.333. The van der Waals surface area contributed by atoms with Crippen LogP contribution in [-0.4, -0.2) is 43.2 Å². The lowest BCUT2D eigenvalue weighted by atomic mass is 10.1. The lowest BCUT2D eigenvalue weighted by Crippen LogP contribution is -2.31. The van der Waals surface area contributed by atoms with Gasteiger partial charge in [0.2, 0.25) is 0 Å². The van der Waals surface area contributed by atoms with Crippen LogP contribution in [0.5, 0.6) is 0 Å². The molecular formula is C15H13F4NO4. The maximum absolute atomic E-state index is 13.8. The maximum atomic E-state index is 13.8. The standard InChI is InChI=1S/C15H13F4NO4/c1-2-24-15(22)9(4-20-7-5-23-6-7)14(21)8-3-10(16)12(18)13(19)11(8)17/h3-4,7,21H,2,5-6H2,1H3. The number of aliphatic hydroxyl groups is 1. The van der Waals surface area contributed by atoms with Gasteiger partial charge in [-0.15, -0.1) is 0 Å². The van der Waals surface area contributed by atoms with E-state index in [1.807, 2.05) is 0 Å². The van der Waals surface area contributed by atoms with Gasteiger partial charge >= 0.3 is 5.97 Å². The van der Waals surface area contributed by atoms with Gasteiger partial charge < -0.3 is 14.6 Å². The lowest BCUT2D eigenvalue weighted by molar-refractivity contribution is -0.137. The highest BCUT2D eigenvalue weighted by molar-refractivity contribution is 6.15. The Labute approximate surface area is 134 Å². The summed E-state index contributed by atoms with van der Waals surface area (Å²) in [6.45, 7) is 2.01. The summed E-state index contributed by atoms with van der Waals surface area (Å²) in [5.74, 6) is -9.89. The van der Waals surface area contributed by atoms with E-state index >= 15 is 0 Å². The Morgan fingerprint density at radius 1 is 1.33 bits per heavy atom. The molecule has 9 heteroatoms. The molecule has 0 radical (unpaired) electrons. The number of nitrogens with zero attached hydrogens (tertiary/aromatic N) is 1. The molecule has 1 fully saturated rings. The van der Waals surface area contributed by atoms with Gasteiger partial charge in [-0.2, -0.15) is 0 Å². The molecule has 0 unspecified atom stereocenters. The second-order valence-corrected chi connectivity index (χ2v) is 4.80. The molecule has 1 N–H and O–H groups in total. The molecule has 0 saturated carbocycles. The van der Waals surface area contributed by atoms with Gasteiger partial charge in [-0.05, 0) is 13.0 Å². The number of ether oxygens (including phenoxy) is 2. The minimum Gasteiger partial charge on any atom is -0.506 e. The summed E-state index contributed by atoms with van der Waals surface area (Å²) >= 11 is 0. The lowest BCUT2D eigenvalue weighted by Gasteiger charge is -2.21. The number of benzene rings is 1. The van der Waals surface area contributed by atoms with Crippen LogP contribution in [0.3, 0.4) is 0 Å². The first-order valence-electron chi connectivity index (χ1n) is 6.91. The number of halogens is 4. The van der Waals surface area contributed by atoms with Crippen molar-refractivity contribution in [2.45, 2.75) is 13.0 Å². The summed E-state index contributed by atoms with van der Waals surface area (Å²) < 4.78 is 63.0. The molecule has 0 bridgehead atoms. The van der Waals surface area contributed by atoms with Gasteiger partial charge in [0.05, 0.1) is 31.4 Å². The minimum absolute atomic E-state index is 0.0649. The molecule has 1 aliphatic heterocycles. The summed E-state index contributed by atoms with van der Waals surface area (Å²) in [5.41, 5.74) is -1.64. The SMILES string of the molecule is CCOC(=O)C(C=NC1COC1)=C(O)c1cc(F)c(F)c(F)c1F. The van der Waals surface area contributed by atoms with Crippen LogP contribution in [0.15, 0.2) is 16.6 Å². The molecule has 0 amide bonds. The normalized spacial score (nSPS) is 16.0. The highest BCUT2D eigenvalue weighted by Crippen LogP contribution is 2.25. The summed E-state index contributed by atoms with van der Waals surface area (Å²) in [6.07, 6.45) is 0.902. The van der Waals surface area contributed by atoms with Crippen molar-refractivity contribution < 1.29 is 36.9 Å². The number of hydrogen-bond donors (Lipinski definition) is 1. The maximum Gasteiger partial charge on any atom is 0.343 e. The number of rotatable bonds is 5. The second-order valence-electron chi connectivity index (χ2n) is 4.80. The predicted octanol–water partition coefficient (Wildman–Crippen LogP) is 2.54. The topological polar surface area (TPSA) is 68.1 Å². The van der Waals surface area contributed by atoms with E-state index in [9.17, 15) is 27.5 Å². The first-order valence-corrected chi connectivity index (χ1v) is 6.91. The van der Waals surface area contributed by atoms with Crippen molar-refractivity contribution in [1.82, 2.24) is 0 Å². The van der Waals surface area contributed by atoms with Crippen LogP contribution in [0, 0.1) is 23.3 Å². The number of hydrogen-bond acceptors (Lipinski definition) is 5. The summed E-state index contributed by atoms with van der Waals surface area (Å²) in [4.78, 5) is 15.8. The summed E-state index contributed by atoms with van der Waals surface area (Å²) in [6, 6.07) is -0.0310. The average molecular weight is 347 g/mol. The Morgan fingerprint density at radius 2 is 2.00 bits per heavy atom. The van der Waals surface area contributed by atoms with Crippen LogP contribution in [0.4, 0.5) is 17.6 Å². The highest BCUT2D eigenvalue weighted by atomic mass is 19.2. The van der Waals surface area contributed by atoms with Crippen molar-refractivity contribution in [2.24, 2.45) is 4.99 Å². The Balaban J connectivity index is 2.52. The molecule has 0 spiro atoms. The van der Waals surface area contributed by atoms with E-state index in [0.717, 1.165) is 6.21 Å². The third-order valence-electron chi connectivity index (χ3n) is 3.14. The van der Waals surface area contributed by atoms with Gasteiger partial charge in [-0.1, -0.05) is 0 Å². The molecule has 1 aromatic rings. The Morgan fingerprint density at radius 3 is 2.54 bits per heavy atom. The van der Waals surface area contributed by atoms with Crippen molar-refractivity contribution in [3.8, 4) is 0 Å². The van der Waals surface area contributed by atoms with Gasteiger partial charge in [-0.25, -0.2) is 22.4 Å². The summed E-state index contributed by atoms with van der Waals surface area (Å²) in [5, 5.41) is 10.1. The molecule has 24 heavy (non-hydrogen) atoms. The summed E-state index contributed by atoms with van der Waals surface area (Å²) in [7, 11) is 0. The highest BCUT2D eigenvalue weighted by Gasteiger charge is 2.25. The van der Waals surface area contributed by atoms with Crippen molar-refractivity contribution in [3.63, 3.8) is 0 Å². The van der Waals surface area contributed by atoms with E-state index < -0.39 is 46.1 Å². The molecular weight excluding hydrogens is 334 g/mol. The molecule has 0 aliphatic carbocycles. The minimum atomic E-state index is -2.11. The van der Waals surface area contributed by atoms with Crippen molar-refractivity contribution in [2.75, 3.05) is 19.8 Å². The molecule has 0 atom stereocenters. The molecule has 5 nitrogen and oxygen atoms in total. The molecule has 0 aromatic heterocycles. The zero-order chi connectivity index (χ0) is 17.9. The monoisotopic (exact) mass is 347 g/mol. The first kappa shape index (κ1) is 17.9. The van der Waals surface area contributed by atoms with Crippen LogP contribution in [0.1, 0.15) is 12.5 Å². The van der Waals surface area contributed by atoms with Gasteiger partial charge in [0.1, 0.15) is 11.3 Å². The van der Waals surface area contributed by atoms with Gasteiger partial charge in [0.15, 0.2) is 23.3 Å². The molecule has 1 saturated heterocycles. The second kappa shape index (κ2) is 7.43. The average Bonchev–Trinajstić information content (AvgIpc) is 2.50. The van der Waals surface area contributed by atoms with Gasteiger partial charge in [0.25, 0.3) is 0 Å². The third kappa shape index (κ3) is 3.56. The molecule has 2 rings (SSSR count). The van der Waals surface area contributed by atoms with Gasteiger partial charge in [0, 0.05) is 6.21 Å². The molecule has 1 aromatic carbocycles. The molecule has 130 valence electrons. The van der Waals surface area contributed by atoms with Crippen molar-refractivity contribution >= 4 is 17.9 Å². The van der Waals surface area contributed by atoms with Gasteiger partial charge in [-0.3, -0.25) is 4.99 Å². The number of carbonyl (C=O) groups excluding carboxylic acids is 1. The van der Waals surface area contributed by atoms with E-state index in [-0.39, 0.29) is 18.7 Å². The van der Waals surface area contributed by atoms with E-state index in [4.69, 9.17) is 9.47 Å². The Kier molecular flexibility index (Phi) is 5.55. The largest absolute Gasteiger partial charge is 0.506 e. The fourth-order valence-corrected chi connectivity index (χ4v) is 1.80. The number of aliphatic imine (C=N–C) groups is 1. The quantitative estimate of drug-likeness (QED) is 0.169. The Bertz CT molecular complexity index is 714. The van der Waals surface area contributed by atoms with Crippen LogP contribution in [0.2, 0.25) is 0 Å². The number of esters is 1. The predicted molar refractivity (Wildman–Crippen MR) is 75.6 cm³/mol. The van der Waals surface area contributed by atoms with Crippen molar-refractivity contribution in [3.05, 3.63) is 40.5 Å². The molecule has 1 aliphatic rings. The van der Waals surface area contributed by atoms with Crippen LogP contribution in [-0.2, 0) is 14.3 Å². The van der Waals surface area contributed by atoms with E-state index in [1.54, 1.807) is 0 Å². The first-order chi connectivity index (χ1) is 11.4. The molecule has 1 heterocycles. The fourth-order valence-electron chi connectivity index (χ4n) is 1.80. The zero-order valence-corrected chi connectivity index (χ0v) is 12.5. The van der Waals surface area contributed by atoms with Crippen LogP contribution >= 0.6 is 0 Å². The number of carbonyl (C=O) groups is 1. The number of aliphatic hydroxyl groups excluding tert-OH is 1. The van der Waals surface area contributed by atoms with E-state index in [0.29, 0.717) is 13.2 Å². The Hall–Kier alpha value is -2.42. The smallest absolute Gasteiger partial charge is 0.343 e. The van der Waals surface area contributed by atoms with Crippen LogP contribution in [0.25, 0.3) is 5.76 Å². The third-order valence-corrected chi connectivity index (χ3v) is 3.14.